The molecule has 1 aromatic rings. The van der Waals surface area contributed by atoms with Crippen LogP contribution >= 0.6 is 0 Å². The van der Waals surface area contributed by atoms with Gasteiger partial charge in [0.2, 0.25) is 11.9 Å². The summed E-state index contributed by atoms with van der Waals surface area (Å²) in [4.78, 5) is 19.4. The molecule has 0 bridgehead atoms. The van der Waals surface area contributed by atoms with Crippen molar-refractivity contribution in [1.29, 1.82) is 0 Å². The van der Waals surface area contributed by atoms with Crippen molar-refractivity contribution in [2.24, 2.45) is 0 Å². The fraction of sp³-hybridized carbons (Fsp3) is 0.889. The van der Waals surface area contributed by atoms with Gasteiger partial charge in [-0.25, -0.2) is 0 Å². The van der Waals surface area contributed by atoms with Crippen LogP contribution in [0.25, 0.3) is 0 Å². The fourth-order valence-corrected chi connectivity index (χ4v) is 6.89. The highest BCUT2D eigenvalue weighted by molar-refractivity contribution is 5.43. The van der Waals surface area contributed by atoms with Crippen LogP contribution in [0.2, 0.25) is 0 Å². The Labute approximate surface area is 214 Å². The number of ether oxygens (including phenoxy) is 1. The molecule has 0 aromatic carbocycles. The van der Waals surface area contributed by atoms with Gasteiger partial charge in [-0.05, 0) is 102 Å². The molecule has 3 rings (SSSR count). The predicted octanol–water partition coefficient (Wildman–Crippen LogP) is 4.54. The first kappa shape index (κ1) is 27.9. The lowest BCUT2D eigenvalue weighted by Crippen LogP contribution is -2.62. The van der Waals surface area contributed by atoms with E-state index in [9.17, 15) is 0 Å². The molecule has 0 amide bonds. The Bertz CT molecular complexity index is 771. The summed E-state index contributed by atoms with van der Waals surface area (Å²) in [7, 11) is 0. The third-order valence-electron chi connectivity index (χ3n) is 7.28. The highest BCUT2D eigenvalue weighted by Gasteiger charge is 2.42. The van der Waals surface area contributed by atoms with E-state index in [0.29, 0.717) is 24.7 Å². The van der Waals surface area contributed by atoms with Crippen LogP contribution in [0.15, 0.2) is 0 Å². The molecular formula is C27H51N7O. The number of hydrogen-bond acceptors (Lipinski definition) is 8. The Hall–Kier alpha value is -1.67. The molecule has 0 spiro atoms. The second kappa shape index (κ2) is 10.0. The number of nitrogens with zero attached hydrogens (tertiary/aromatic N) is 5. The van der Waals surface area contributed by atoms with E-state index in [1.165, 1.54) is 0 Å². The number of rotatable bonds is 8. The topological polar surface area (TPSA) is 78.4 Å². The van der Waals surface area contributed by atoms with Gasteiger partial charge in [0, 0.05) is 47.3 Å². The lowest BCUT2D eigenvalue weighted by atomic mass is 9.79. The van der Waals surface area contributed by atoms with Crippen molar-refractivity contribution in [3.8, 4) is 6.01 Å². The van der Waals surface area contributed by atoms with Crippen LogP contribution in [0, 0.1) is 0 Å². The second-order valence-corrected chi connectivity index (χ2v) is 13.1. The van der Waals surface area contributed by atoms with Crippen molar-refractivity contribution in [3.05, 3.63) is 0 Å². The van der Waals surface area contributed by atoms with Gasteiger partial charge in [0.05, 0.1) is 6.61 Å². The van der Waals surface area contributed by atoms with Crippen LogP contribution in [0.4, 0.5) is 11.9 Å². The van der Waals surface area contributed by atoms with Gasteiger partial charge in [-0.2, -0.15) is 15.0 Å². The summed E-state index contributed by atoms with van der Waals surface area (Å²) in [5.74, 6) is 1.45. The highest BCUT2D eigenvalue weighted by atomic mass is 16.5. The lowest BCUT2D eigenvalue weighted by molar-refractivity contribution is 0.158. The Morgan fingerprint density at radius 3 is 1.29 bits per heavy atom. The number of hydrogen-bond donors (Lipinski definition) is 2. The molecule has 2 aliphatic rings. The summed E-state index contributed by atoms with van der Waals surface area (Å²) in [6, 6.07) is 1.09. The van der Waals surface area contributed by atoms with Crippen LogP contribution in [0.3, 0.4) is 0 Å². The molecule has 1 aromatic heterocycles. The van der Waals surface area contributed by atoms with Crippen molar-refractivity contribution in [3.63, 3.8) is 0 Å². The SMILES string of the molecule is CCOc1nc(N(CC)C2CC(C)(C)NC(C)(C)C2)nc(N(CC)C2CC(C)(C)NC(C)(C)C2)n1. The van der Waals surface area contributed by atoms with E-state index >= 15 is 0 Å². The van der Waals surface area contributed by atoms with Crippen molar-refractivity contribution in [1.82, 2.24) is 25.6 Å². The summed E-state index contributed by atoms with van der Waals surface area (Å²) in [6.07, 6.45) is 4.12. The number of nitrogens with one attached hydrogen (secondary N) is 2. The van der Waals surface area contributed by atoms with E-state index in [1.54, 1.807) is 0 Å². The van der Waals surface area contributed by atoms with Crippen LogP contribution in [-0.2, 0) is 0 Å². The third kappa shape index (κ3) is 6.97. The van der Waals surface area contributed by atoms with Gasteiger partial charge >= 0.3 is 6.01 Å². The zero-order valence-corrected chi connectivity index (χ0v) is 24.2. The molecule has 0 unspecified atom stereocenters. The molecule has 0 saturated carbocycles. The summed E-state index contributed by atoms with van der Waals surface area (Å²) in [5, 5.41) is 7.60. The monoisotopic (exact) mass is 489 g/mol. The van der Waals surface area contributed by atoms with E-state index in [1.807, 2.05) is 6.92 Å². The maximum Gasteiger partial charge on any atom is 0.323 e. The smallest absolute Gasteiger partial charge is 0.323 e. The summed E-state index contributed by atoms with van der Waals surface area (Å²) < 4.78 is 5.87. The quantitative estimate of drug-likeness (QED) is 0.551. The molecule has 2 fully saturated rings. The first-order valence-corrected chi connectivity index (χ1v) is 13.6. The van der Waals surface area contributed by atoms with Crippen molar-refractivity contribution in [2.45, 2.75) is 136 Å². The first-order chi connectivity index (χ1) is 16.1. The van der Waals surface area contributed by atoms with Gasteiger partial charge in [0.15, 0.2) is 0 Å². The van der Waals surface area contributed by atoms with Gasteiger partial charge in [0.1, 0.15) is 0 Å². The van der Waals surface area contributed by atoms with Crippen molar-refractivity contribution >= 4 is 11.9 Å². The van der Waals surface area contributed by atoms with Gasteiger partial charge < -0.3 is 25.2 Å². The minimum atomic E-state index is 0.0418. The summed E-state index contributed by atoms with van der Waals surface area (Å²) in [5.41, 5.74) is 0.167. The second-order valence-electron chi connectivity index (χ2n) is 13.1. The zero-order valence-electron chi connectivity index (χ0n) is 24.2. The third-order valence-corrected chi connectivity index (χ3v) is 7.28. The minimum Gasteiger partial charge on any atom is -0.464 e. The van der Waals surface area contributed by atoms with Gasteiger partial charge in [-0.3, -0.25) is 0 Å². The highest BCUT2D eigenvalue weighted by Crippen LogP contribution is 2.36. The normalized spacial score (nSPS) is 23.6. The van der Waals surface area contributed by atoms with E-state index < -0.39 is 0 Å². The molecule has 0 aliphatic carbocycles. The standard InChI is InChI=1S/C27H51N7O/c1-12-33(19-15-24(4,5)31-25(6,7)16-19)21-28-22(30-23(29-21)35-14-3)34(13-2)20-17-26(8,9)32-27(10,11)18-20/h19-20,31-32H,12-18H2,1-11H3. The molecule has 200 valence electrons. The average Bonchev–Trinajstić information content (AvgIpc) is 2.64. The van der Waals surface area contributed by atoms with Crippen LogP contribution in [0.5, 0.6) is 6.01 Å². The molecule has 2 N–H and O–H groups in total. The van der Waals surface area contributed by atoms with Crippen molar-refractivity contribution < 1.29 is 4.74 Å². The maximum atomic E-state index is 5.87. The average molecular weight is 490 g/mol. The number of piperidine rings is 2. The lowest BCUT2D eigenvalue weighted by Gasteiger charge is -2.50. The van der Waals surface area contributed by atoms with Crippen LogP contribution < -0.4 is 25.2 Å². The largest absolute Gasteiger partial charge is 0.464 e. The molecule has 8 heteroatoms. The summed E-state index contributed by atoms with van der Waals surface area (Å²) in [6.45, 7) is 26.9. The van der Waals surface area contributed by atoms with E-state index in [4.69, 9.17) is 19.7 Å². The van der Waals surface area contributed by atoms with E-state index in [2.05, 4.69) is 89.7 Å². The Morgan fingerprint density at radius 2 is 1.00 bits per heavy atom. The number of anilines is 2. The predicted molar refractivity (Wildman–Crippen MR) is 146 cm³/mol. The Morgan fingerprint density at radius 1 is 0.657 bits per heavy atom. The summed E-state index contributed by atoms with van der Waals surface area (Å²) >= 11 is 0. The Kier molecular flexibility index (Phi) is 7.98. The molecule has 3 heterocycles. The van der Waals surface area contributed by atoms with E-state index in [0.717, 1.165) is 50.7 Å². The fourth-order valence-electron chi connectivity index (χ4n) is 6.89. The molecule has 0 atom stereocenters. The maximum absolute atomic E-state index is 5.87. The molecule has 2 aliphatic heterocycles. The van der Waals surface area contributed by atoms with Gasteiger partial charge in [0.25, 0.3) is 0 Å². The minimum absolute atomic E-state index is 0.0418. The zero-order chi connectivity index (χ0) is 26.2. The molecule has 0 radical (unpaired) electrons. The van der Waals surface area contributed by atoms with Crippen LogP contribution in [0.1, 0.15) is 102 Å². The molecule has 8 nitrogen and oxygen atoms in total. The van der Waals surface area contributed by atoms with Crippen molar-refractivity contribution in [2.75, 3.05) is 29.5 Å². The molecule has 2 saturated heterocycles. The molecule has 35 heavy (non-hydrogen) atoms. The first-order valence-electron chi connectivity index (χ1n) is 13.6. The van der Waals surface area contributed by atoms with E-state index in [-0.39, 0.29) is 22.2 Å². The van der Waals surface area contributed by atoms with Crippen LogP contribution in [-0.4, -0.2) is 68.9 Å². The Balaban J connectivity index is 2.01. The number of aromatic nitrogens is 3. The molecular weight excluding hydrogens is 438 g/mol. The van der Waals surface area contributed by atoms with Gasteiger partial charge in [-0.15, -0.1) is 0 Å². The van der Waals surface area contributed by atoms with Gasteiger partial charge in [-0.1, -0.05) is 0 Å².